The fourth-order valence-electron chi connectivity index (χ4n) is 6.36. The number of hydrogen-bond donors (Lipinski definition) is 3. The van der Waals surface area contributed by atoms with Gasteiger partial charge in [-0.2, -0.15) is 0 Å². The Hall–Kier alpha value is -3.17. The Labute approximate surface area is 235 Å². The lowest BCUT2D eigenvalue weighted by atomic mass is 9.76. The SMILES string of the molecule is O=C(OC1CCC(c2ccccc2)CC1)ON(C1CC(CCc2ccc3c(n2)NCCC3)C1)[C@@H](CCO)C(=O)O. The van der Waals surface area contributed by atoms with Gasteiger partial charge >= 0.3 is 12.1 Å². The first-order chi connectivity index (χ1) is 19.5. The number of benzene rings is 1. The van der Waals surface area contributed by atoms with Gasteiger partial charge in [0, 0.05) is 24.9 Å². The van der Waals surface area contributed by atoms with Gasteiger partial charge in [0.05, 0.1) is 0 Å². The van der Waals surface area contributed by atoms with Crippen molar-refractivity contribution in [3.05, 3.63) is 59.3 Å². The topological polar surface area (TPSA) is 121 Å². The second-order valence-corrected chi connectivity index (χ2v) is 11.4. The van der Waals surface area contributed by atoms with Crippen LogP contribution in [0.1, 0.15) is 80.5 Å². The Kier molecular flexibility index (Phi) is 9.54. The molecule has 0 amide bonds. The van der Waals surface area contributed by atoms with Gasteiger partial charge in [-0.25, -0.2) is 9.78 Å². The van der Waals surface area contributed by atoms with Crippen LogP contribution in [0.25, 0.3) is 0 Å². The summed E-state index contributed by atoms with van der Waals surface area (Å²) >= 11 is 0. The van der Waals surface area contributed by atoms with Gasteiger partial charge in [0.25, 0.3) is 0 Å². The summed E-state index contributed by atoms with van der Waals surface area (Å²) in [7, 11) is 0. The molecule has 9 heteroatoms. The summed E-state index contributed by atoms with van der Waals surface area (Å²) in [6, 6.07) is 13.3. The van der Waals surface area contributed by atoms with E-state index in [4.69, 9.17) is 14.6 Å². The Balaban J connectivity index is 1.12. The molecular formula is C31H41N3O6. The van der Waals surface area contributed by atoms with Crippen molar-refractivity contribution < 1.29 is 29.4 Å². The number of carboxylic acid groups (broad SMARTS) is 1. The maximum absolute atomic E-state index is 12.8. The first-order valence-corrected chi connectivity index (χ1v) is 14.8. The van der Waals surface area contributed by atoms with Crippen LogP contribution in [0.5, 0.6) is 0 Å². The van der Waals surface area contributed by atoms with Gasteiger partial charge in [0.2, 0.25) is 0 Å². The van der Waals surface area contributed by atoms with Gasteiger partial charge in [-0.1, -0.05) is 36.4 Å². The molecule has 1 atom stereocenters. The average Bonchev–Trinajstić information content (AvgIpc) is 2.95. The van der Waals surface area contributed by atoms with Crippen LogP contribution in [-0.2, 0) is 27.2 Å². The van der Waals surface area contributed by atoms with Crippen LogP contribution in [0.2, 0.25) is 0 Å². The van der Waals surface area contributed by atoms with Crippen molar-refractivity contribution in [1.29, 1.82) is 0 Å². The predicted molar refractivity (Wildman–Crippen MR) is 150 cm³/mol. The Morgan fingerprint density at radius 2 is 1.85 bits per heavy atom. The molecule has 2 fully saturated rings. The van der Waals surface area contributed by atoms with Crippen LogP contribution < -0.4 is 5.32 Å². The molecule has 5 rings (SSSR count). The van der Waals surface area contributed by atoms with Gasteiger partial charge in [0.15, 0.2) is 0 Å². The third-order valence-corrected chi connectivity index (χ3v) is 8.71. The van der Waals surface area contributed by atoms with E-state index in [0.717, 1.165) is 69.4 Å². The molecule has 9 nitrogen and oxygen atoms in total. The first kappa shape index (κ1) is 28.4. The molecule has 40 heavy (non-hydrogen) atoms. The molecule has 0 spiro atoms. The number of carbonyl (C=O) groups excluding carboxylic acids is 1. The van der Waals surface area contributed by atoms with Crippen molar-refractivity contribution in [3.63, 3.8) is 0 Å². The third-order valence-electron chi connectivity index (χ3n) is 8.71. The van der Waals surface area contributed by atoms with E-state index in [1.54, 1.807) is 0 Å². The number of ether oxygens (including phenoxy) is 1. The smallest absolute Gasteiger partial charge is 0.480 e. The van der Waals surface area contributed by atoms with Crippen molar-refractivity contribution >= 4 is 17.9 Å². The molecule has 3 N–H and O–H groups in total. The highest BCUT2D eigenvalue weighted by atomic mass is 16.8. The fourth-order valence-corrected chi connectivity index (χ4v) is 6.36. The minimum Gasteiger partial charge on any atom is -0.480 e. The van der Waals surface area contributed by atoms with E-state index >= 15 is 0 Å². The predicted octanol–water partition coefficient (Wildman–Crippen LogP) is 5.08. The number of hydrogen-bond acceptors (Lipinski definition) is 8. The van der Waals surface area contributed by atoms with Crippen molar-refractivity contribution in [2.75, 3.05) is 18.5 Å². The van der Waals surface area contributed by atoms with Crippen molar-refractivity contribution in [2.45, 2.75) is 94.7 Å². The zero-order valence-electron chi connectivity index (χ0n) is 23.0. The minimum atomic E-state index is -1.13. The monoisotopic (exact) mass is 551 g/mol. The molecule has 216 valence electrons. The molecule has 2 aliphatic carbocycles. The summed E-state index contributed by atoms with van der Waals surface area (Å²) in [6.45, 7) is 0.642. The Bertz CT molecular complexity index is 1130. The van der Waals surface area contributed by atoms with E-state index in [0.29, 0.717) is 24.7 Å². The molecule has 2 saturated carbocycles. The van der Waals surface area contributed by atoms with Gasteiger partial charge in [-0.05, 0) is 99.7 Å². The molecule has 0 radical (unpaired) electrons. The Morgan fingerprint density at radius 1 is 1.07 bits per heavy atom. The highest BCUT2D eigenvalue weighted by Crippen LogP contribution is 2.38. The maximum Gasteiger partial charge on any atom is 0.528 e. The zero-order chi connectivity index (χ0) is 27.9. The van der Waals surface area contributed by atoms with E-state index in [-0.39, 0.29) is 25.2 Å². The summed E-state index contributed by atoms with van der Waals surface area (Å²) in [4.78, 5) is 35.2. The molecule has 0 bridgehead atoms. The normalized spacial score (nSPS) is 24.8. The highest BCUT2D eigenvalue weighted by molar-refractivity contribution is 5.73. The number of rotatable bonds is 11. The number of aliphatic hydroxyl groups is 1. The minimum absolute atomic E-state index is 0.0298. The number of hydroxylamine groups is 2. The van der Waals surface area contributed by atoms with Crippen LogP contribution in [0.15, 0.2) is 42.5 Å². The number of aliphatic carboxylic acids is 1. The lowest BCUT2D eigenvalue weighted by Crippen LogP contribution is -2.53. The maximum atomic E-state index is 12.8. The molecule has 1 aliphatic heterocycles. The molecule has 0 saturated heterocycles. The standard InChI is InChI=1S/C31H41N3O6/c35-18-16-28(30(36)37)34(40-31(38)39-27-14-10-23(11-15-27)22-5-2-1-3-6-22)26-19-21(20-26)8-12-25-13-9-24-7-4-17-32-29(24)33-25/h1-3,5-6,9,13,21,23,26-28,35H,4,7-8,10-12,14-20H2,(H,32,33)(H,36,37)/t21?,23?,26?,27?,28-/m0/s1. The zero-order valence-corrected chi connectivity index (χ0v) is 23.0. The first-order valence-electron chi connectivity index (χ1n) is 14.8. The lowest BCUT2D eigenvalue weighted by molar-refractivity contribution is -0.216. The van der Waals surface area contributed by atoms with Crippen LogP contribution in [0, 0.1) is 5.92 Å². The number of fused-ring (bicyclic) bond motifs is 1. The number of pyridine rings is 1. The van der Waals surface area contributed by atoms with Crippen LogP contribution in [0.3, 0.4) is 0 Å². The largest absolute Gasteiger partial charge is 0.528 e. The molecule has 2 heterocycles. The summed E-state index contributed by atoms with van der Waals surface area (Å²) in [5, 5.41) is 24.0. The molecule has 1 aromatic heterocycles. The average molecular weight is 552 g/mol. The quantitative estimate of drug-likeness (QED) is 0.259. The second kappa shape index (κ2) is 13.5. The molecule has 0 unspecified atom stereocenters. The van der Waals surface area contributed by atoms with Gasteiger partial charge in [0.1, 0.15) is 18.0 Å². The van der Waals surface area contributed by atoms with Gasteiger partial charge in [-0.15, -0.1) is 5.06 Å². The summed E-state index contributed by atoms with van der Waals surface area (Å²) in [5.41, 5.74) is 3.63. The molecule has 2 aromatic rings. The van der Waals surface area contributed by atoms with E-state index in [2.05, 4.69) is 29.6 Å². The number of nitrogens with one attached hydrogen (secondary N) is 1. The number of anilines is 1. The third kappa shape index (κ3) is 7.12. The number of aromatic nitrogens is 1. The van der Waals surface area contributed by atoms with Gasteiger partial charge in [-0.3, -0.25) is 4.79 Å². The van der Waals surface area contributed by atoms with E-state index in [1.165, 1.54) is 16.2 Å². The second-order valence-electron chi connectivity index (χ2n) is 11.4. The molecular weight excluding hydrogens is 510 g/mol. The van der Waals surface area contributed by atoms with Crippen molar-refractivity contribution in [1.82, 2.24) is 10.0 Å². The van der Waals surface area contributed by atoms with Crippen molar-refractivity contribution in [3.8, 4) is 0 Å². The van der Waals surface area contributed by atoms with Crippen LogP contribution in [-0.4, -0.2) is 63.7 Å². The number of nitrogens with zero attached hydrogens (tertiary/aromatic N) is 2. The Morgan fingerprint density at radius 3 is 2.58 bits per heavy atom. The molecule has 1 aromatic carbocycles. The summed E-state index contributed by atoms with van der Waals surface area (Å²) in [5.74, 6) is 0.707. The lowest BCUT2D eigenvalue weighted by Gasteiger charge is -2.43. The summed E-state index contributed by atoms with van der Waals surface area (Å²) < 4.78 is 5.64. The van der Waals surface area contributed by atoms with Crippen molar-refractivity contribution in [2.24, 2.45) is 5.92 Å². The number of carboxylic acids is 1. The highest BCUT2D eigenvalue weighted by Gasteiger charge is 2.42. The fraction of sp³-hybridized carbons (Fsp3) is 0.581. The summed E-state index contributed by atoms with van der Waals surface area (Å²) in [6.07, 6.45) is 7.60. The van der Waals surface area contributed by atoms with Crippen LogP contribution in [0.4, 0.5) is 10.6 Å². The number of carbonyl (C=O) groups is 2. The molecule has 3 aliphatic rings. The van der Waals surface area contributed by atoms with E-state index in [9.17, 15) is 19.8 Å². The van der Waals surface area contributed by atoms with E-state index in [1.807, 2.05) is 18.2 Å². The number of aryl methyl sites for hydroxylation is 2. The van der Waals surface area contributed by atoms with Crippen LogP contribution >= 0.6 is 0 Å². The van der Waals surface area contributed by atoms with Gasteiger partial charge < -0.3 is 25.1 Å². The number of aliphatic hydroxyl groups excluding tert-OH is 1. The van der Waals surface area contributed by atoms with E-state index < -0.39 is 18.2 Å².